The predicted molar refractivity (Wildman–Crippen MR) is 72.3 cm³/mol. The van der Waals surface area contributed by atoms with E-state index in [1.807, 2.05) is 6.07 Å². The zero-order chi connectivity index (χ0) is 16.2. The number of hydrogen-bond donors (Lipinski definition) is 2. The number of halogens is 3. The number of aromatic amines is 1. The quantitative estimate of drug-likeness (QED) is 0.903. The molecule has 8 heteroatoms. The highest BCUT2D eigenvalue weighted by Crippen LogP contribution is 2.26. The lowest BCUT2D eigenvalue weighted by atomic mass is 10.2. The molecule has 0 spiro atoms. The highest BCUT2D eigenvalue weighted by atomic mass is 19.4. The average molecular weight is 311 g/mol. The lowest BCUT2D eigenvalue weighted by molar-refractivity contribution is -0.141. The smallest absolute Gasteiger partial charge is 0.352 e. The Hall–Kier alpha value is -2.64. The molecule has 0 aromatic carbocycles. The van der Waals surface area contributed by atoms with E-state index in [1.165, 1.54) is 0 Å². The molecule has 0 aliphatic carbocycles. The molecule has 22 heavy (non-hydrogen) atoms. The fourth-order valence-corrected chi connectivity index (χ4v) is 1.78. The molecule has 2 aromatic heterocycles. The van der Waals surface area contributed by atoms with Crippen molar-refractivity contribution in [2.45, 2.75) is 12.6 Å². The van der Waals surface area contributed by atoms with Gasteiger partial charge >= 0.3 is 6.18 Å². The van der Waals surface area contributed by atoms with Crippen LogP contribution in [-0.2, 0) is 12.6 Å². The van der Waals surface area contributed by atoms with Crippen LogP contribution in [0.5, 0.6) is 0 Å². The van der Waals surface area contributed by atoms with Gasteiger partial charge in [0.1, 0.15) is 11.3 Å². The number of hydrogen-bond acceptors (Lipinski definition) is 3. The Bertz CT molecular complexity index is 711. The van der Waals surface area contributed by atoms with Gasteiger partial charge in [-0.2, -0.15) is 13.2 Å². The first-order valence-electron chi connectivity index (χ1n) is 6.35. The summed E-state index contributed by atoms with van der Waals surface area (Å²) in [7, 11) is 0. The molecule has 0 unspecified atom stereocenters. The number of carbonyl (C=O) groups is 1. The number of alkyl halides is 3. The monoisotopic (exact) mass is 311 g/mol. The SMILES string of the molecule is O=C(NCCc1cccnc1)c1ccc(C(F)(F)F)[nH]c1=O. The van der Waals surface area contributed by atoms with Gasteiger partial charge in [0.2, 0.25) is 0 Å². The normalized spacial score (nSPS) is 11.2. The van der Waals surface area contributed by atoms with Crippen LogP contribution in [0.4, 0.5) is 13.2 Å². The van der Waals surface area contributed by atoms with Crippen LogP contribution >= 0.6 is 0 Å². The predicted octanol–water partition coefficient (Wildman–Crippen LogP) is 1.76. The van der Waals surface area contributed by atoms with Crippen molar-refractivity contribution < 1.29 is 18.0 Å². The molecule has 0 saturated heterocycles. The van der Waals surface area contributed by atoms with Gasteiger partial charge in [-0.3, -0.25) is 14.6 Å². The third-order valence-corrected chi connectivity index (χ3v) is 2.88. The van der Waals surface area contributed by atoms with Crippen molar-refractivity contribution in [2.24, 2.45) is 0 Å². The van der Waals surface area contributed by atoms with Crippen LogP contribution < -0.4 is 10.9 Å². The van der Waals surface area contributed by atoms with Crippen molar-refractivity contribution in [3.8, 4) is 0 Å². The summed E-state index contributed by atoms with van der Waals surface area (Å²) in [5.74, 6) is -0.723. The summed E-state index contributed by atoms with van der Waals surface area (Å²) < 4.78 is 37.2. The third kappa shape index (κ3) is 3.94. The zero-order valence-electron chi connectivity index (χ0n) is 11.3. The van der Waals surface area contributed by atoms with Crippen LogP contribution in [-0.4, -0.2) is 22.4 Å². The molecule has 5 nitrogen and oxygen atoms in total. The molecule has 0 aliphatic heterocycles. The van der Waals surface area contributed by atoms with E-state index in [1.54, 1.807) is 23.4 Å². The molecule has 2 aromatic rings. The van der Waals surface area contributed by atoms with Crippen LogP contribution in [0.25, 0.3) is 0 Å². The van der Waals surface area contributed by atoms with E-state index in [2.05, 4.69) is 10.3 Å². The standard InChI is InChI=1S/C14H12F3N3O2/c15-14(16,17)11-4-3-10(13(22)20-11)12(21)19-7-5-9-2-1-6-18-8-9/h1-4,6,8H,5,7H2,(H,19,21)(H,20,22). The summed E-state index contributed by atoms with van der Waals surface area (Å²) in [5.41, 5.74) is -1.73. The van der Waals surface area contributed by atoms with Gasteiger partial charge in [-0.15, -0.1) is 0 Å². The van der Waals surface area contributed by atoms with Crippen LogP contribution in [0.2, 0.25) is 0 Å². The van der Waals surface area contributed by atoms with E-state index >= 15 is 0 Å². The van der Waals surface area contributed by atoms with Crippen molar-refractivity contribution in [3.05, 3.63) is 63.8 Å². The van der Waals surface area contributed by atoms with Gasteiger partial charge in [-0.05, 0) is 30.2 Å². The molecule has 0 fully saturated rings. The Morgan fingerprint density at radius 3 is 2.64 bits per heavy atom. The Morgan fingerprint density at radius 1 is 1.27 bits per heavy atom. The maximum absolute atomic E-state index is 12.4. The molecule has 116 valence electrons. The molecule has 1 amide bonds. The highest BCUT2D eigenvalue weighted by molar-refractivity contribution is 5.93. The second-order valence-corrected chi connectivity index (χ2v) is 4.48. The fraction of sp³-hybridized carbons (Fsp3) is 0.214. The van der Waals surface area contributed by atoms with Gasteiger partial charge in [-0.1, -0.05) is 6.07 Å². The molecular formula is C14H12F3N3O2. The summed E-state index contributed by atoms with van der Waals surface area (Å²) in [6.07, 6.45) is -0.909. The second kappa shape index (κ2) is 6.42. The summed E-state index contributed by atoms with van der Waals surface area (Å²) >= 11 is 0. The first kappa shape index (κ1) is 15.7. The van der Waals surface area contributed by atoms with E-state index in [4.69, 9.17) is 0 Å². The van der Waals surface area contributed by atoms with Crippen molar-refractivity contribution in [1.82, 2.24) is 15.3 Å². The van der Waals surface area contributed by atoms with E-state index in [0.29, 0.717) is 12.5 Å². The van der Waals surface area contributed by atoms with Gasteiger partial charge in [0, 0.05) is 18.9 Å². The number of H-pyrrole nitrogens is 1. The highest BCUT2D eigenvalue weighted by Gasteiger charge is 2.32. The van der Waals surface area contributed by atoms with Gasteiger partial charge in [-0.25, -0.2) is 0 Å². The van der Waals surface area contributed by atoms with Crippen LogP contribution in [0.15, 0.2) is 41.5 Å². The number of pyridine rings is 2. The maximum atomic E-state index is 12.4. The molecule has 0 aliphatic rings. The molecule has 0 atom stereocenters. The average Bonchev–Trinajstić information content (AvgIpc) is 2.47. The molecular weight excluding hydrogens is 299 g/mol. The minimum Gasteiger partial charge on any atom is -0.352 e. The zero-order valence-corrected chi connectivity index (χ0v) is 11.3. The second-order valence-electron chi connectivity index (χ2n) is 4.48. The van der Waals surface area contributed by atoms with Crippen LogP contribution in [0.3, 0.4) is 0 Å². The van der Waals surface area contributed by atoms with Crippen molar-refractivity contribution in [3.63, 3.8) is 0 Å². The third-order valence-electron chi connectivity index (χ3n) is 2.88. The summed E-state index contributed by atoms with van der Waals surface area (Å²) in [5, 5.41) is 2.48. The Morgan fingerprint density at radius 2 is 2.05 bits per heavy atom. The summed E-state index contributed by atoms with van der Waals surface area (Å²) in [6.45, 7) is 0.241. The van der Waals surface area contributed by atoms with E-state index < -0.39 is 23.3 Å². The number of nitrogens with one attached hydrogen (secondary N) is 2. The number of carbonyl (C=O) groups excluding carboxylic acids is 1. The summed E-state index contributed by atoms with van der Waals surface area (Å²) in [6, 6.07) is 5.10. The van der Waals surface area contributed by atoms with Crippen LogP contribution in [0.1, 0.15) is 21.6 Å². The Labute approximate surface area is 123 Å². The topological polar surface area (TPSA) is 74.8 Å². The van der Waals surface area contributed by atoms with Gasteiger partial charge in [0.15, 0.2) is 0 Å². The lowest BCUT2D eigenvalue weighted by Gasteiger charge is -2.08. The number of aromatic nitrogens is 2. The molecule has 2 N–H and O–H groups in total. The molecule has 2 rings (SSSR count). The van der Waals surface area contributed by atoms with Gasteiger partial charge < -0.3 is 10.3 Å². The summed E-state index contributed by atoms with van der Waals surface area (Å²) in [4.78, 5) is 28.9. The number of nitrogens with zero attached hydrogens (tertiary/aromatic N) is 1. The number of rotatable bonds is 4. The molecule has 0 saturated carbocycles. The molecule has 2 heterocycles. The van der Waals surface area contributed by atoms with Crippen molar-refractivity contribution >= 4 is 5.91 Å². The van der Waals surface area contributed by atoms with E-state index in [0.717, 1.165) is 11.6 Å². The minimum absolute atomic E-state index is 0.241. The lowest BCUT2D eigenvalue weighted by Crippen LogP contribution is -2.32. The van der Waals surface area contributed by atoms with Gasteiger partial charge in [0.25, 0.3) is 11.5 Å². The fourth-order valence-electron chi connectivity index (χ4n) is 1.78. The van der Waals surface area contributed by atoms with Crippen molar-refractivity contribution in [1.29, 1.82) is 0 Å². The first-order chi connectivity index (χ1) is 10.4. The van der Waals surface area contributed by atoms with Gasteiger partial charge in [0.05, 0.1) is 0 Å². The Kier molecular flexibility index (Phi) is 4.59. The largest absolute Gasteiger partial charge is 0.431 e. The van der Waals surface area contributed by atoms with E-state index in [-0.39, 0.29) is 12.1 Å². The van der Waals surface area contributed by atoms with Crippen LogP contribution in [0, 0.1) is 0 Å². The Balaban J connectivity index is 2.00. The van der Waals surface area contributed by atoms with E-state index in [9.17, 15) is 22.8 Å². The van der Waals surface area contributed by atoms with Crippen molar-refractivity contribution in [2.75, 3.05) is 6.54 Å². The first-order valence-corrected chi connectivity index (χ1v) is 6.35. The molecule has 0 radical (unpaired) electrons. The maximum Gasteiger partial charge on any atom is 0.431 e. The molecule has 0 bridgehead atoms. The number of amides is 1. The minimum atomic E-state index is -4.66.